The van der Waals surface area contributed by atoms with E-state index in [9.17, 15) is 9.59 Å². The maximum atomic E-state index is 11.0. The van der Waals surface area contributed by atoms with Crippen molar-refractivity contribution in [3.8, 4) is 12.1 Å². The molecule has 13 nitrogen and oxygen atoms in total. The number of anilines is 6. The lowest BCUT2D eigenvalue weighted by atomic mass is 10.2. The van der Waals surface area contributed by atoms with E-state index in [0.29, 0.717) is 45.7 Å². The van der Waals surface area contributed by atoms with Crippen LogP contribution in [0.5, 0.6) is 0 Å². The molecule has 4 rings (SSSR count). The van der Waals surface area contributed by atoms with Gasteiger partial charge in [0, 0.05) is 5.69 Å². The number of aryl methyl sites for hydroxylation is 2. The van der Waals surface area contributed by atoms with Crippen molar-refractivity contribution in [2.24, 2.45) is 0 Å². The van der Waals surface area contributed by atoms with E-state index in [1.807, 2.05) is 12.1 Å². The smallest absolute Gasteiger partial charge is 0.337 e. The van der Waals surface area contributed by atoms with E-state index in [2.05, 4.69) is 25.6 Å². The van der Waals surface area contributed by atoms with Gasteiger partial charge < -0.3 is 32.3 Å². The van der Waals surface area contributed by atoms with Crippen LogP contribution in [0.1, 0.15) is 43.4 Å². The fourth-order valence-electron chi connectivity index (χ4n) is 3.31. The number of benzene rings is 1. The predicted octanol–water partition coefficient (Wildman–Crippen LogP) is 3.97. The topological polar surface area (TPSA) is 237 Å². The lowest BCUT2D eigenvalue weighted by Crippen LogP contribution is -2.07. The van der Waals surface area contributed by atoms with Gasteiger partial charge in [0.05, 0.1) is 57.4 Å². The van der Waals surface area contributed by atoms with E-state index in [0.717, 1.165) is 0 Å². The van der Waals surface area contributed by atoms with E-state index in [4.69, 9.17) is 32.2 Å². The van der Waals surface area contributed by atoms with Gasteiger partial charge in [-0.25, -0.2) is 24.5 Å². The Morgan fingerprint density at radius 3 is 1.65 bits per heavy atom. The summed E-state index contributed by atoms with van der Waals surface area (Å²) >= 11 is 0. The number of nitrogens with two attached hydrogens (primary N) is 2. The second-order valence-corrected chi connectivity index (χ2v) is 8.21. The lowest BCUT2D eigenvalue weighted by Gasteiger charge is -2.11. The summed E-state index contributed by atoms with van der Waals surface area (Å²) in [5.41, 5.74) is 15.1. The number of rotatable bonds is 6. The summed E-state index contributed by atoms with van der Waals surface area (Å²) in [7, 11) is 0. The number of carbonyl (C=O) groups is 2. The molecule has 0 radical (unpaired) electrons. The zero-order chi connectivity index (χ0) is 29.4. The van der Waals surface area contributed by atoms with E-state index >= 15 is 0 Å². The quantitative estimate of drug-likeness (QED) is 0.204. The van der Waals surface area contributed by atoms with Gasteiger partial charge in [0.1, 0.15) is 11.8 Å². The van der Waals surface area contributed by atoms with Crippen molar-refractivity contribution in [2.45, 2.75) is 13.8 Å². The van der Waals surface area contributed by atoms with Crippen molar-refractivity contribution in [3.05, 3.63) is 88.5 Å². The number of nitrogen functional groups attached to an aromatic ring is 2. The van der Waals surface area contributed by atoms with Crippen LogP contribution in [0, 0.1) is 36.5 Å². The van der Waals surface area contributed by atoms with E-state index in [1.54, 1.807) is 50.2 Å². The van der Waals surface area contributed by atoms with Crippen LogP contribution in [0.4, 0.5) is 34.4 Å². The van der Waals surface area contributed by atoms with Gasteiger partial charge in [0.15, 0.2) is 11.6 Å². The van der Waals surface area contributed by atoms with Gasteiger partial charge in [-0.1, -0.05) is 0 Å². The molecule has 0 amide bonds. The van der Waals surface area contributed by atoms with Gasteiger partial charge in [-0.3, -0.25) is 0 Å². The maximum absolute atomic E-state index is 11.0. The van der Waals surface area contributed by atoms with Crippen molar-refractivity contribution in [1.82, 2.24) is 15.0 Å². The highest BCUT2D eigenvalue weighted by atomic mass is 16.4. The molecule has 40 heavy (non-hydrogen) atoms. The van der Waals surface area contributed by atoms with Crippen LogP contribution in [0.25, 0.3) is 0 Å². The fraction of sp³-hybridized carbons (Fsp3) is 0.0741. The largest absolute Gasteiger partial charge is 0.478 e. The SMILES string of the molecule is Cc1nc(Nc2ccc(C#N)cc2)c(N)cc1C(=O)O.Cc1nc(Nc2ccc(C#N)nc2)c(N)cc1C(=O)O. The van der Waals surface area contributed by atoms with Gasteiger partial charge in [0.2, 0.25) is 0 Å². The van der Waals surface area contributed by atoms with Crippen molar-refractivity contribution in [1.29, 1.82) is 10.5 Å². The lowest BCUT2D eigenvalue weighted by molar-refractivity contribution is 0.0684. The molecule has 13 heteroatoms. The maximum Gasteiger partial charge on any atom is 0.337 e. The van der Waals surface area contributed by atoms with Gasteiger partial charge in [-0.15, -0.1) is 0 Å². The molecule has 1 aromatic carbocycles. The summed E-state index contributed by atoms with van der Waals surface area (Å²) in [5.74, 6) is -1.41. The Labute approximate surface area is 228 Å². The van der Waals surface area contributed by atoms with Crippen LogP contribution in [0.15, 0.2) is 54.7 Å². The Balaban J connectivity index is 0.000000220. The molecule has 0 aliphatic carbocycles. The number of aromatic nitrogens is 3. The van der Waals surface area contributed by atoms with Crippen molar-refractivity contribution >= 4 is 46.3 Å². The summed E-state index contributed by atoms with van der Waals surface area (Å²) < 4.78 is 0. The van der Waals surface area contributed by atoms with Crippen LogP contribution >= 0.6 is 0 Å². The molecule has 0 aliphatic heterocycles. The summed E-state index contributed by atoms with van der Waals surface area (Å²) in [6.45, 7) is 3.19. The van der Waals surface area contributed by atoms with Crippen molar-refractivity contribution in [2.75, 3.05) is 22.1 Å². The first-order chi connectivity index (χ1) is 19.0. The minimum atomic E-state index is -1.08. The molecule has 3 heterocycles. The molecule has 0 saturated carbocycles. The number of hydrogen-bond acceptors (Lipinski definition) is 11. The fourth-order valence-corrected chi connectivity index (χ4v) is 3.31. The zero-order valence-corrected chi connectivity index (χ0v) is 21.3. The number of nitriles is 2. The summed E-state index contributed by atoms with van der Waals surface area (Å²) in [6, 6.07) is 16.6. The van der Waals surface area contributed by atoms with Gasteiger partial charge in [0.25, 0.3) is 0 Å². The highest BCUT2D eigenvalue weighted by Crippen LogP contribution is 2.25. The number of nitrogens with zero attached hydrogens (tertiary/aromatic N) is 5. The third-order valence-electron chi connectivity index (χ3n) is 5.36. The van der Waals surface area contributed by atoms with Gasteiger partial charge >= 0.3 is 11.9 Å². The van der Waals surface area contributed by atoms with Crippen LogP contribution in [-0.2, 0) is 0 Å². The third kappa shape index (κ3) is 6.96. The Bertz CT molecular complexity index is 1530. The number of carboxylic acid groups (broad SMARTS) is 2. The first-order valence-corrected chi connectivity index (χ1v) is 11.4. The van der Waals surface area contributed by atoms with Crippen LogP contribution < -0.4 is 22.1 Å². The van der Waals surface area contributed by atoms with Gasteiger partial charge in [-0.05, 0) is 62.4 Å². The highest BCUT2D eigenvalue weighted by Gasteiger charge is 2.14. The predicted molar refractivity (Wildman–Crippen MR) is 147 cm³/mol. The van der Waals surface area contributed by atoms with Crippen molar-refractivity contribution < 1.29 is 19.8 Å². The molecule has 0 aliphatic rings. The molecule has 0 bridgehead atoms. The molecular weight excluding hydrogens is 514 g/mol. The monoisotopic (exact) mass is 537 g/mol. The third-order valence-corrected chi connectivity index (χ3v) is 5.36. The average molecular weight is 538 g/mol. The number of aromatic carboxylic acids is 2. The zero-order valence-electron chi connectivity index (χ0n) is 21.3. The summed E-state index contributed by atoms with van der Waals surface area (Å²) in [4.78, 5) is 34.1. The molecule has 0 spiro atoms. The minimum absolute atomic E-state index is 0.0611. The van der Waals surface area contributed by atoms with Crippen LogP contribution in [-0.4, -0.2) is 37.1 Å². The normalized spacial score (nSPS) is 9.80. The molecule has 200 valence electrons. The van der Waals surface area contributed by atoms with Gasteiger partial charge in [-0.2, -0.15) is 10.5 Å². The first-order valence-electron chi connectivity index (χ1n) is 11.4. The minimum Gasteiger partial charge on any atom is -0.478 e. The van der Waals surface area contributed by atoms with Crippen LogP contribution in [0.3, 0.4) is 0 Å². The Hall–Kier alpha value is -6.21. The molecule has 0 unspecified atom stereocenters. The second-order valence-electron chi connectivity index (χ2n) is 8.21. The summed E-state index contributed by atoms with van der Waals surface area (Å²) in [6.07, 6.45) is 1.47. The highest BCUT2D eigenvalue weighted by molar-refractivity contribution is 5.92. The van der Waals surface area contributed by atoms with Crippen molar-refractivity contribution in [3.63, 3.8) is 0 Å². The Morgan fingerprint density at radius 1 is 0.775 bits per heavy atom. The standard InChI is InChI=1S/C14H12N4O2.C13H11N5O2/c1-8-11(14(19)20)6-12(16)13(17-8)18-10-4-2-9(7-15)3-5-10;1-7-10(13(19)20)4-11(15)12(17-7)18-9-3-2-8(5-14)16-6-9/h2-6H,16H2,1H3,(H,17,18)(H,19,20);2-4,6H,15H2,1H3,(H,17,18)(H,19,20). The van der Waals surface area contributed by atoms with E-state index in [1.165, 1.54) is 18.3 Å². The summed E-state index contributed by atoms with van der Waals surface area (Å²) in [5, 5.41) is 41.3. The van der Waals surface area contributed by atoms with E-state index in [-0.39, 0.29) is 22.5 Å². The number of pyridine rings is 3. The average Bonchev–Trinajstić information content (AvgIpc) is 2.93. The Morgan fingerprint density at radius 2 is 1.25 bits per heavy atom. The number of carboxylic acids is 2. The first kappa shape index (κ1) is 28.4. The molecule has 4 aromatic rings. The molecule has 0 fully saturated rings. The van der Waals surface area contributed by atoms with E-state index < -0.39 is 11.9 Å². The molecule has 0 atom stereocenters. The second kappa shape index (κ2) is 12.4. The molecule has 3 aromatic heterocycles. The Kier molecular flexibility index (Phi) is 8.76. The molecule has 0 saturated heterocycles. The molecule has 8 N–H and O–H groups in total. The number of hydrogen-bond donors (Lipinski definition) is 6. The molecular formula is C27H23N9O4. The van der Waals surface area contributed by atoms with Crippen LogP contribution in [0.2, 0.25) is 0 Å². The number of nitrogens with one attached hydrogen (secondary N) is 2.